The largest absolute Gasteiger partial charge is 0.508 e. The molecule has 86 valence electrons. The molecule has 1 N–H and O–H groups in total. The van der Waals surface area contributed by atoms with Crippen molar-refractivity contribution in [3.05, 3.63) is 58.9 Å². The van der Waals surface area contributed by atoms with Gasteiger partial charge in [-0.05, 0) is 24.3 Å². The van der Waals surface area contributed by atoms with Crippen molar-refractivity contribution >= 4 is 17.4 Å². The van der Waals surface area contributed by atoms with Gasteiger partial charge < -0.3 is 5.11 Å². The molecular weight excluding hydrogens is 238 g/mol. The lowest BCUT2D eigenvalue weighted by atomic mass is 10.1. The molecule has 1 heterocycles. The van der Waals surface area contributed by atoms with E-state index in [4.69, 9.17) is 11.6 Å². The topological polar surface area (TPSA) is 50.2 Å². The summed E-state index contributed by atoms with van der Waals surface area (Å²) in [5.74, 6) is -0.0226. The van der Waals surface area contributed by atoms with E-state index in [1.807, 2.05) is 0 Å². The van der Waals surface area contributed by atoms with Crippen LogP contribution in [0.1, 0.15) is 16.1 Å². The number of benzene rings is 1. The first-order chi connectivity index (χ1) is 8.15. The third-order valence-electron chi connectivity index (χ3n) is 2.28. The lowest BCUT2D eigenvalue weighted by Crippen LogP contribution is -2.04. The SMILES string of the molecule is O=C(Cc1cccc(Cl)n1)c1cccc(O)c1. The molecule has 0 aliphatic heterocycles. The van der Waals surface area contributed by atoms with Crippen molar-refractivity contribution in [1.82, 2.24) is 4.98 Å². The van der Waals surface area contributed by atoms with E-state index in [1.165, 1.54) is 12.1 Å². The Bertz CT molecular complexity index is 555. The van der Waals surface area contributed by atoms with Gasteiger partial charge in [0.1, 0.15) is 10.9 Å². The van der Waals surface area contributed by atoms with Crippen molar-refractivity contribution in [2.45, 2.75) is 6.42 Å². The molecule has 2 rings (SSSR count). The van der Waals surface area contributed by atoms with Crippen molar-refractivity contribution in [2.75, 3.05) is 0 Å². The first kappa shape index (κ1) is 11.6. The molecule has 0 radical (unpaired) electrons. The maximum atomic E-state index is 11.9. The van der Waals surface area contributed by atoms with E-state index in [0.717, 1.165) is 0 Å². The van der Waals surface area contributed by atoms with Crippen LogP contribution in [0.15, 0.2) is 42.5 Å². The van der Waals surface area contributed by atoms with Crippen molar-refractivity contribution in [2.24, 2.45) is 0 Å². The summed E-state index contributed by atoms with van der Waals surface area (Å²) in [6, 6.07) is 11.4. The van der Waals surface area contributed by atoms with Crippen LogP contribution in [0.3, 0.4) is 0 Å². The number of carbonyl (C=O) groups excluding carboxylic acids is 1. The number of pyridine rings is 1. The van der Waals surface area contributed by atoms with Gasteiger partial charge in [-0.3, -0.25) is 4.79 Å². The molecule has 4 heteroatoms. The highest BCUT2D eigenvalue weighted by Gasteiger charge is 2.08. The van der Waals surface area contributed by atoms with Crippen LogP contribution in [0, 0.1) is 0 Å². The number of ketones is 1. The minimum atomic E-state index is -0.101. The Morgan fingerprint density at radius 3 is 2.71 bits per heavy atom. The fraction of sp³-hybridized carbons (Fsp3) is 0.0769. The summed E-state index contributed by atoms with van der Waals surface area (Å²) in [5.41, 5.74) is 1.08. The highest BCUT2D eigenvalue weighted by Crippen LogP contribution is 2.14. The minimum absolute atomic E-state index is 0.0786. The summed E-state index contributed by atoms with van der Waals surface area (Å²) in [5, 5.41) is 9.65. The van der Waals surface area contributed by atoms with Crippen LogP contribution in [0.5, 0.6) is 5.75 Å². The van der Waals surface area contributed by atoms with Crippen molar-refractivity contribution < 1.29 is 9.90 Å². The molecule has 17 heavy (non-hydrogen) atoms. The zero-order valence-corrected chi connectivity index (χ0v) is 9.69. The van der Waals surface area contributed by atoms with Crippen LogP contribution in [-0.4, -0.2) is 15.9 Å². The summed E-state index contributed by atoms with van der Waals surface area (Å²) >= 11 is 5.74. The number of aromatic nitrogens is 1. The number of phenols is 1. The van der Waals surface area contributed by atoms with E-state index in [2.05, 4.69) is 4.98 Å². The van der Waals surface area contributed by atoms with Gasteiger partial charge in [0.2, 0.25) is 0 Å². The van der Waals surface area contributed by atoms with Gasteiger partial charge in [0.25, 0.3) is 0 Å². The van der Waals surface area contributed by atoms with Gasteiger partial charge in [0.15, 0.2) is 5.78 Å². The number of carbonyl (C=O) groups is 1. The predicted molar refractivity (Wildman–Crippen MR) is 65.4 cm³/mol. The second-order valence-electron chi connectivity index (χ2n) is 3.60. The first-order valence-corrected chi connectivity index (χ1v) is 5.46. The maximum absolute atomic E-state index is 11.9. The molecule has 0 fully saturated rings. The molecule has 0 unspecified atom stereocenters. The van der Waals surface area contributed by atoms with Crippen LogP contribution in [0.25, 0.3) is 0 Å². The van der Waals surface area contributed by atoms with Crippen molar-refractivity contribution in [3.63, 3.8) is 0 Å². The van der Waals surface area contributed by atoms with E-state index in [0.29, 0.717) is 16.4 Å². The van der Waals surface area contributed by atoms with Crippen molar-refractivity contribution in [1.29, 1.82) is 0 Å². The Morgan fingerprint density at radius 2 is 2.00 bits per heavy atom. The molecule has 0 atom stereocenters. The first-order valence-electron chi connectivity index (χ1n) is 5.09. The average molecular weight is 248 g/mol. The number of nitrogens with zero attached hydrogens (tertiary/aromatic N) is 1. The number of phenolic OH excluding ortho intramolecular Hbond substituents is 1. The molecule has 0 saturated heterocycles. The molecule has 0 amide bonds. The number of halogens is 1. The molecule has 0 aliphatic rings. The zero-order chi connectivity index (χ0) is 12.3. The summed E-state index contributed by atoms with van der Waals surface area (Å²) in [4.78, 5) is 15.9. The molecule has 3 nitrogen and oxygen atoms in total. The molecule has 1 aromatic carbocycles. The Morgan fingerprint density at radius 1 is 1.24 bits per heavy atom. The summed E-state index contributed by atoms with van der Waals surface area (Å²) in [7, 11) is 0. The van der Waals surface area contributed by atoms with Gasteiger partial charge in [-0.25, -0.2) is 4.98 Å². The number of aromatic hydroxyl groups is 1. The monoisotopic (exact) mass is 247 g/mol. The highest BCUT2D eigenvalue weighted by atomic mass is 35.5. The third kappa shape index (κ3) is 3.04. The Kier molecular flexibility index (Phi) is 3.40. The molecular formula is C13H10ClNO2. The number of rotatable bonds is 3. The van der Waals surface area contributed by atoms with E-state index in [9.17, 15) is 9.90 Å². The van der Waals surface area contributed by atoms with Gasteiger partial charge >= 0.3 is 0 Å². The van der Waals surface area contributed by atoms with E-state index in [1.54, 1.807) is 30.3 Å². The Balaban J connectivity index is 2.17. The molecule has 0 spiro atoms. The summed E-state index contributed by atoms with van der Waals surface area (Å²) in [6.07, 6.45) is 0.171. The normalized spacial score (nSPS) is 10.2. The predicted octanol–water partition coefficient (Wildman–Crippen LogP) is 2.87. The van der Waals surface area contributed by atoms with Crippen LogP contribution >= 0.6 is 11.6 Å². The molecule has 2 aromatic rings. The van der Waals surface area contributed by atoms with Gasteiger partial charge in [-0.2, -0.15) is 0 Å². The fourth-order valence-electron chi connectivity index (χ4n) is 1.49. The van der Waals surface area contributed by atoms with Gasteiger partial charge in [-0.15, -0.1) is 0 Å². The molecule has 0 saturated carbocycles. The van der Waals surface area contributed by atoms with E-state index >= 15 is 0 Å². The second kappa shape index (κ2) is 4.97. The molecule has 1 aromatic heterocycles. The highest BCUT2D eigenvalue weighted by molar-refractivity contribution is 6.29. The lowest BCUT2D eigenvalue weighted by molar-refractivity contribution is 0.0991. The van der Waals surface area contributed by atoms with Crippen LogP contribution in [-0.2, 0) is 6.42 Å². The molecule has 0 bridgehead atoms. The third-order valence-corrected chi connectivity index (χ3v) is 2.49. The van der Waals surface area contributed by atoms with Gasteiger partial charge in [-0.1, -0.05) is 29.8 Å². The fourth-order valence-corrected chi connectivity index (χ4v) is 1.68. The zero-order valence-electron chi connectivity index (χ0n) is 8.93. The number of hydrogen-bond acceptors (Lipinski definition) is 3. The van der Waals surface area contributed by atoms with Crippen LogP contribution < -0.4 is 0 Å². The minimum Gasteiger partial charge on any atom is -0.508 e. The van der Waals surface area contributed by atoms with Crippen LogP contribution in [0.4, 0.5) is 0 Å². The average Bonchev–Trinajstić information content (AvgIpc) is 2.29. The standard InChI is InChI=1S/C13H10ClNO2/c14-13-6-2-4-10(15-13)8-12(17)9-3-1-5-11(16)7-9/h1-7,16H,8H2. The van der Waals surface area contributed by atoms with Crippen molar-refractivity contribution in [3.8, 4) is 5.75 Å². The lowest BCUT2D eigenvalue weighted by Gasteiger charge is -2.02. The van der Waals surface area contributed by atoms with Gasteiger partial charge in [0, 0.05) is 11.3 Å². The maximum Gasteiger partial charge on any atom is 0.168 e. The quantitative estimate of drug-likeness (QED) is 0.670. The van der Waals surface area contributed by atoms with Crippen LogP contribution in [0.2, 0.25) is 5.15 Å². The number of Topliss-reactive ketones (excluding diaryl/α,β-unsaturated/α-hetero) is 1. The van der Waals surface area contributed by atoms with E-state index in [-0.39, 0.29) is 18.0 Å². The smallest absolute Gasteiger partial charge is 0.168 e. The summed E-state index contributed by atoms with van der Waals surface area (Å²) < 4.78 is 0. The second-order valence-corrected chi connectivity index (χ2v) is 3.99. The Hall–Kier alpha value is -1.87. The molecule has 0 aliphatic carbocycles. The summed E-state index contributed by atoms with van der Waals surface area (Å²) in [6.45, 7) is 0. The van der Waals surface area contributed by atoms with E-state index < -0.39 is 0 Å². The number of hydrogen-bond donors (Lipinski definition) is 1. The Labute approximate surface area is 104 Å². The van der Waals surface area contributed by atoms with Gasteiger partial charge in [0.05, 0.1) is 6.42 Å².